The van der Waals surface area contributed by atoms with Gasteiger partial charge in [-0.15, -0.1) is 10.2 Å². The topological polar surface area (TPSA) is 53.1 Å². The van der Waals surface area contributed by atoms with Crippen LogP contribution in [0.4, 0.5) is 0 Å². The molecule has 0 aliphatic heterocycles. The van der Waals surface area contributed by atoms with E-state index in [1.54, 1.807) is 25.1 Å². The number of methoxy groups -OCH3 is 1. The van der Waals surface area contributed by atoms with Crippen LogP contribution in [-0.4, -0.2) is 21.9 Å². The van der Waals surface area contributed by atoms with Crippen molar-refractivity contribution >= 4 is 22.5 Å². The van der Waals surface area contributed by atoms with Gasteiger partial charge in [0.1, 0.15) is 5.75 Å². The summed E-state index contributed by atoms with van der Waals surface area (Å²) in [6.45, 7) is 0. The lowest BCUT2D eigenvalue weighted by molar-refractivity contribution is 0.414. The molecule has 0 saturated carbocycles. The first-order valence-electron chi connectivity index (χ1n) is 9.56. The molecule has 2 aromatic heterocycles. The maximum absolute atomic E-state index is 5.60. The minimum absolute atomic E-state index is 0.672. The van der Waals surface area contributed by atoms with Crippen LogP contribution in [0, 0.1) is 0 Å². The van der Waals surface area contributed by atoms with Gasteiger partial charge >= 0.3 is 0 Å². The highest BCUT2D eigenvalue weighted by Crippen LogP contribution is 2.32. The summed E-state index contributed by atoms with van der Waals surface area (Å²) >= 11 is 1.65. The molecule has 0 N–H and O–H groups in total. The van der Waals surface area contributed by atoms with E-state index in [9.17, 15) is 0 Å². The van der Waals surface area contributed by atoms with Crippen molar-refractivity contribution in [2.45, 2.75) is 10.9 Å². The molecule has 2 heterocycles. The summed E-state index contributed by atoms with van der Waals surface area (Å²) < 4.78 is 12.9. The second-order valence-electron chi connectivity index (χ2n) is 6.74. The number of hydrogen-bond donors (Lipinski definition) is 0. The van der Waals surface area contributed by atoms with Crippen molar-refractivity contribution in [2.24, 2.45) is 0 Å². The van der Waals surface area contributed by atoms with Crippen molar-refractivity contribution in [1.29, 1.82) is 0 Å². The Labute approximate surface area is 178 Å². The number of rotatable bonds is 6. The van der Waals surface area contributed by atoms with Gasteiger partial charge in [-0.25, -0.2) is 0 Å². The van der Waals surface area contributed by atoms with Gasteiger partial charge in [-0.3, -0.25) is 4.57 Å². The van der Waals surface area contributed by atoms with E-state index in [-0.39, 0.29) is 0 Å². The van der Waals surface area contributed by atoms with E-state index in [1.165, 1.54) is 16.3 Å². The molecule has 0 saturated heterocycles. The number of fused-ring (bicyclic) bond motifs is 1. The Kier molecular flexibility index (Phi) is 4.99. The van der Waals surface area contributed by atoms with E-state index >= 15 is 0 Å². The van der Waals surface area contributed by atoms with Crippen LogP contribution in [-0.2, 0) is 5.75 Å². The smallest absolute Gasteiger partial charge is 0.205 e. The summed E-state index contributed by atoms with van der Waals surface area (Å²) in [7, 11) is 1.66. The van der Waals surface area contributed by atoms with Gasteiger partial charge in [-0.1, -0.05) is 54.2 Å². The molecule has 3 aromatic carbocycles. The minimum atomic E-state index is 0.672. The van der Waals surface area contributed by atoms with Crippen LogP contribution in [0.15, 0.2) is 94.7 Å². The van der Waals surface area contributed by atoms with Crippen molar-refractivity contribution in [3.8, 4) is 23.0 Å². The van der Waals surface area contributed by atoms with Crippen LogP contribution >= 0.6 is 11.8 Å². The summed E-state index contributed by atoms with van der Waals surface area (Å²) in [5, 5.41) is 12.2. The van der Waals surface area contributed by atoms with E-state index in [0.717, 1.165) is 22.3 Å². The molecule has 0 fully saturated rings. The SMILES string of the molecule is COc1ccc(-n2c(SCc3cccc4ccccc34)nnc2-c2ccco2)cc1. The normalized spacial score (nSPS) is 11.1. The Bertz CT molecular complexity index is 1270. The van der Waals surface area contributed by atoms with Gasteiger partial charge in [0.25, 0.3) is 0 Å². The van der Waals surface area contributed by atoms with Gasteiger partial charge in [-0.2, -0.15) is 0 Å². The largest absolute Gasteiger partial charge is 0.497 e. The van der Waals surface area contributed by atoms with Crippen LogP contribution in [0.1, 0.15) is 5.56 Å². The average Bonchev–Trinajstić information content (AvgIpc) is 3.47. The summed E-state index contributed by atoms with van der Waals surface area (Å²) in [6, 6.07) is 26.4. The standard InChI is InChI=1S/C24H19N3O2S/c1-28-20-13-11-19(12-14-20)27-23(22-10-5-15-29-22)25-26-24(27)30-16-18-8-4-7-17-6-2-3-9-21(17)18/h2-15H,16H2,1H3. The van der Waals surface area contributed by atoms with Crippen LogP contribution in [0.5, 0.6) is 5.75 Å². The Morgan fingerprint density at radius 3 is 2.53 bits per heavy atom. The second-order valence-corrected chi connectivity index (χ2v) is 7.69. The summed E-state index contributed by atoms with van der Waals surface area (Å²) in [5.41, 5.74) is 2.22. The van der Waals surface area contributed by atoms with E-state index in [2.05, 4.69) is 52.7 Å². The van der Waals surface area contributed by atoms with Crippen LogP contribution in [0.25, 0.3) is 28.0 Å². The molecule has 0 bridgehead atoms. The van der Waals surface area contributed by atoms with Crippen molar-refractivity contribution in [3.63, 3.8) is 0 Å². The fraction of sp³-hybridized carbons (Fsp3) is 0.0833. The lowest BCUT2D eigenvalue weighted by Gasteiger charge is -2.11. The predicted molar refractivity (Wildman–Crippen MR) is 119 cm³/mol. The summed E-state index contributed by atoms with van der Waals surface area (Å²) in [4.78, 5) is 0. The highest BCUT2D eigenvalue weighted by Gasteiger charge is 2.18. The molecule has 5 rings (SSSR count). The number of aromatic nitrogens is 3. The van der Waals surface area contributed by atoms with Gasteiger partial charge < -0.3 is 9.15 Å². The Morgan fingerprint density at radius 1 is 0.900 bits per heavy atom. The molecule has 0 spiro atoms. The predicted octanol–water partition coefficient (Wildman–Crippen LogP) is 5.98. The van der Waals surface area contributed by atoms with E-state index in [4.69, 9.17) is 9.15 Å². The zero-order valence-corrected chi connectivity index (χ0v) is 17.2. The second kappa shape index (κ2) is 8.08. The van der Waals surface area contributed by atoms with Crippen molar-refractivity contribution in [1.82, 2.24) is 14.8 Å². The van der Waals surface area contributed by atoms with Crippen molar-refractivity contribution in [3.05, 3.63) is 90.7 Å². The molecular formula is C24H19N3O2S. The quantitative estimate of drug-likeness (QED) is 0.321. The molecule has 148 valence electrons. The van der Waals surface area contributed by atoms with Crippen LogP contribution in [0.2, 0.25) is 0 Å². The molecule has 30 heavy (non-hydrogen) atoms. The molecule has 5 aromatic rings. The van der Waals surface area contributed by atoms with Gasteiger partial charge in [-0.05, 0) is 52.7 Å². The molecular weight excluding hydrogens is 394 g/mol. The first-order chi connectivity index (χ1) is 14.8. The first-order valence-corrected chi connectivity index (χ1v) is 10.6. The van der Waals surface area contributed by atoms with Crippen LogP contribution < -0.4 is 4.74 Å². The van der Waals surface area contributed by atoms with Gasteiger partial charge in [0.05, 0.1) is 19.1 Å². The maximum Gasteiger partial charge on any atom is 0.205 e. The molecule has 0 atom stereocenters. The fourth-order valence-corrected chi connectivity index (χ4v) is 4.41. The van der Waals surface area contributed by atoms with Crippen molar-refractivity contribution < 1.29 is 9.15 Å². The number of ether oxygens (including phenoxy) is 1. The third-order valence-electron chi connectivity index (χ3n) is 4.94. The Hall–Kier alpha value is -3.51. The average molecular weight is 414 g/mol. The number of thioether (sulfide) groups is 1. The van der Waals surface area contributed by atoms with Gasteiger partial charge in [0, 0.05) is 5.75 Å². The lowest BCUT2D eigenvalue weighted by atomic mass is 10.1. The zero-order valence-electron chi connectivity index (χ0n) is 16.4. The Balaban J connectivity index is 1.53. The van der Waals surface area contributed by atoms with Gasteiger partial charge in [0.2, 0.25) is 5.82 Å². The highest BCUT2D eigenvalue weighted by atomic mass is 32.2. The van der Waals surface area contributed by atoms with E-state index in [1.807, 2.05) is 41.0 Å². The van der Waals surface area contributed by atoms with Crippen LogP contribution in [0.3, 0.4) is 0 Å². The molecule has 0 unspecified atom stereocenters. The zero-order chi connectivity index (χ0) is 20.3. The Morgan fingerprint density at radius 2 is 1.73 bits per heavy atom. The minimum Gasteiger partial charge on any atom is -0.497 e. The number of nitrogens with zero attached hydrogens (tertiary/aromatic N) is 3. The summed E-state index contributed by atoms with van der Waals surface area (Å²) in [5.74, 6) is 2.94. The lowest BCUT2D eigenvalue weighted by Crippen LogP contribution is -1.99. The molecule has 6 heteroatoms. The number of hydrogen-bond acceptors (Lipinski definition) is 5. The molecule has 0 aliphatic rings. The number of furan rings is 1. The molecule has 0 radical (unpaired) electrons. The molecule has 0 amide bonds. The maximum atomic E-state index is 5.60. The van der Waals surface area contributed by atoms with E-state index < -0.39 is 0 Å². The fourth-order valence-electron chi connectivity index (χ4n) is 3.45. The summed E-state index contributed by atoms with van der Waals surface area (Å²) in [6.07, 6.45) is 1.64. The monoisotopic (exact) mass is 413 g/mol. The number of benzene rings is 3. The molecule has 5 nitrogen and oxygen atoms in total. The first kappa shape index (κ1) is 18.5. The third kappa shape index (κ3) is 3.46. The highest BCUT2D eigenvalue weighted by molar-refractivity contribution is 7.98. The van der Waals surface area contributed by atoms with Crippen molar-refractivity contribution in [2.75, 3.05) is 7.11 Å². The van der Waals surface area contributed by atoms with Gasteiger partial charge in [0.15, 0.2) is 10.9 Å². The third-order valence-corrected chi connectivity index (χ3v) is 5.92. The van der Waals surface area contributed by atoms with E-state index in [0.29, 0.717) is 11.6 Å². The molecule has 0 aliphatic carbocycles.